The Kier molecular flexibility index (Phi) is 4.53. The van der Waals surface area contributed by atoms with Gasteiger partial charge in [0.2, 0.25) is 0 Å². The van der Waals surface area contributed by atoms with Crippen LogP contribution in [0.4, 0.5) is 15.8 Å². The highest BCUT2D eigenvalue weighted by molar-refractivity contribution is 9.10. The molecule has 0 spiro atoms. The van der Waals surface area contributed by atoms with Crippen LogP contribution in [-0.4, -0.2) is 15.0 Å². The Hall–Kier alpha value is -1.60. The molecule has 0 amide bonds. The molecule has 0 fully saturated rings. The molecule has 0 aromatic heterocycles. The first-order valence-electron chi connectivity index (χ1n) is 6.19. The van der Waals surface area contributed by atoms with Crippen molar-refractivity contribution >= 4 is 37.3 Å². The van der Waals surface area contributed by atoms with Crippen molar-refractivity contribution in [1.29, 1.82) is 0 Å². The maximum Gasteiger partial charge on any atom is 0.267 e. The van der Waals surface area contributed by atoms with E-state index in [-0.39, 0.29) is 11.4 Å². The van der Waals surface area contributed by atoms with Crippen molar-refractivity contribution in [2.45, 2.75) is 11.8 Å². The van der Waals surface area contributed by atoms with E-state index in [2.05, 4.69) is 15.9 Å². The highest BCUT2D eigenvalue weighted by Crippen LogP contribution is 2.27. The molecule has 112 valence electrons. The van der Waals surface area contributed by atoms with Crippen molar-refractivity contribution in [3.05, 3.63) is 52.8 Å². The van der Waals surface area contributed by atoms with Crippen molar-refractivity contribution in [3.8, 4) is 0 Å². The minimum atomic E-state index is -3.99. The highest BCUT2D eigenvalue weighted by atomic mass is 79.9. The first kappa shape index (κ1) is 15.8. The topological polar surface area (TPSA) is 63.4 Å². The summed E-state index contributed by atoms with van der Waals surface area (Å²) in [7, 11) is -3.99. The number of benzene rings is 2. The van der Waals surface area contributed by atoms with Crippen LogP contribution in [0.3, 0.4) is 0 Å². The second kappa shape index (κ2) is 6.03. The molecule has 0 heterocycles. The van der Waals surface area contributed by atoms with E-state index in [0.29, 0.717) is 15.8 Å². The van der Waals surface area contributed by atoms with Crippen molar-refractivity contribution in [3.63, 3.8) is 0 Å². The van der Waals surface area contributed by atoms with Crippen LogP contribution >= 0.6 is 15.9 Å². The van der Waals surface area contributed by atoms with Crippen LogP contribution in [-0.2, 0) is 10.0 Å². The standard InChI is InChI=1S/C14H14BrFN2O2S/c1-2-18(12-5-3-4-11(17)9-12)21(19,20)14-7-6-10(15)8-13(14)16/h3-9H,2,17H2,1H3. The van der Waals surface area contributed by atoms with E-state index in [1.807, 2.05) is 0 Å². The maximum absolute atomic E-state index is 14.0. The molecule has 0 aliphatic rings. The Morgan fingerprint density at radius 3 is 2.52 bits per heavy atom. The summed E-state index contributed by atoms with van der Waals surface area (Å²) in [5.41, 5.74) is 6.53. The molecule has 2 rings (SSSR count). The molecule has 2 aromatic rings. The van der Waals surface area contributed by atoms with E-state index in [9.17, 15) is 12.8 Å². The second-order valence-corrected chi connectivity index (χ2v) is 7.09. The molecule has 0 atom stereocenters. The fraction of sp³-hybridized carbons (Fsp3) is 0.143. The Balaban J connectivity index is 2.54. The normalized spacial score (nSPS) is 11.4. The average Bonchev–Trinajstić information content (AvgIpc) is 2.38. The zero-order chi connectivity index (χ0) is 15.6. The predicted molar refractivity (Wildman–Crippen MR) is 85.2 cm³/mol. The van der Waals surface area contributed by atoms with Crippen LogP contribution in [0.25, 0.3) is 0 Å². The summed E-state index contributed by atoms with van der Waals surface area (Å²) in [6, 6.07) is 10.3. The molecule has 2 aromatic carbocycles. The van der Waals surface area contributed by atoms with E-state index < -0.39 is 15.8 Å². The summed E-state index contributed by atoms with van der Waals surface area (Å²) in [6.45, 7) is 1.85. The van der Waals surface area contributed by atoms with Gasteiger partial charge in [-0.15, -0.1) is 0 Å². The first-order valence-corrected chi connectivity index (χ1v) is 8.43. The summed E-state index contributed by atoms with van der Waals surface area (Å²) in [6.07, 6.45) is 0. The summed E-state index contributed by atoms with van der Waals surface area (Å²) in [5.74, 6) is -0.799. The number of rotatable bonds is 4. The zero-order valence-electron chi connectivity index (χ0n) is 11.3. The van der Waals surface area contributed by atoms with Gasteiger partial charge in [0.15, 0.2) is 0 Å². The van der Waals surface area contributed by atoms with Crippen LogP contribution in [0.1, 0.15) is 6.92 Å². The van der Waals surface area contributed by atoms with Crippen LogP contribution in [0, 0.1) is 5.82 Å². The number of halogens is 2. The fourth-order valence-corrected chi connectivity index (χ4v) is 3.82. The average molecular weight is 373 g/mol. The van der Waals surface area contributed by atoms with Crippen LogP contribution < -0.4 is 10.0 Å². The highest BCUT2D eigenvalue weighted by Gasteiger charge is 2.26. The minimum Gasteiger partial charge on any atom is -0.399 e. The number of anilines is 2. The van der Waals surface area contributed by atoms with Gasteiger partial charge in [-0.05, 0) is 43.3 Å². The van der Waals surface area contributed by atoms with Crippen molar-refractivity contribution in [1.82, 2.24) is 0 Å². The SMILES string of the molecule is CCN(c1cccc(N)c1)S(=O)(=O)c1ccc(Br)cc1F. The lowest BCUT2D eigenvalue weighted by Gasteiger charge is -2.23. The van der Waals surface area contributed by atoms with E-state index in [0.717, 1.165) is 10.4 Å². The number of nitrogens with two attached hydrogens (primary N) is 1. The third-order valence-corrected chi connectivity index (χ3v) is 5.34. The summed E-state index contributed by atoms with van der Waals surface area (Å²) in [5, 5.41) is 0. The fourth-order valence-electron chi connectivity index (χ4n) is 1.97. The molecule has 0 saturated heterocycles. The van der Waals surface area contributed by atoms with E-state index in [4.69, 9.17) is 5.73 Å². The van der Waals surface area contributed by atoms with Gasteiger partial charge < -0.3 is 5.73 Å². The quantitative estimate of drug-likeness (QED) is 0.836. The van der Waals surface area contributed by atoms with Gasteiger partial charge in [-0.25, -0.2) is 12.8 Å². The molecule has 0 saturated carbocycles. The number of sulfonamides is 1. The summed E-state index contributed by atoms with van der Waals surface area (Å²) < 4.78 is 40.8. The molecule has 7 heteroatoms. The second-order valence-electron chi connectivity index (χ2n) is 4.34. The molecule has 0 aliphatic heterocycles. The number of nitrogens with zero attached hydrogens (tertiary/aromatic N) is 1. The lowest BCUT2D eigenvalue weighted by molar-refractivity contribution is 0.564. The molecule has 0 unspecified atom stereocenters. The third kappa shape index (κ3) is 3.19. The lowest BCUT2D eigenvalue weighted by Crippen LogP contribution is -2.31. The van der Waals surface area contributed by atoms with Crippen molar-refractivity contribution < 1.29 is 12.8 Å². The molecule has 0 radical (unpaired) electrons. The Labute approximate surface area is 131 Å². The molecule has 21 heavy (non-hydrogen) atoms. The predicted octanol–water partition coefficient (Wildman–Crippen LogP) is 3.39. The number of nitrogen functional groups attached to an aromatic ring is 1. The Morgan fingerprint density at radius 1 is 1.24 bits per heavy atom. The summed E-state index contributed by atoms with van der Waals surface area (Å²) >= 11 is 3.11. The van der Waals surface area contributed by atoms with E-state index in [1.165, 1.54) is 18.2 Å². The maximum atomic E-state index is 14.0. The van der Waals surface area contributed by atoms with Crippen LogP contribution in [0.15, 0.2) is 51.8 Å². The van der Waals surface area contributed by atoms with E-state index >= 15 is 0 Å². The van der Waals surface area contributed by atoms with Gasteiger partial charge in [0.25, 0.3) is 10.0 Å². The molecule has 0 bridgehead atoms. The molecule has 2 N–H and O–H groups in total. The van der Waals surface area contributed by atoms with Gasteiger partial charge >= 0.3 is 0 Å². The monoisotopic (exact) mass is 372 g/mol. The molecule has 0 aliphatic carbocycles. The van der Waals surface area contributed by atoms with Crippen LogP contribution in [0.2, 0.25) is 0 Å². The number of hydrogen-bond donors (Lipinski definition) is 1. The van der Waals surface area contributed by atoms with Crippen LogP contribution in [0.5, 0.6) is 0 Å². The molecular formula is C14H14BrFN2O2S. The first-order chi connectivity index (χ1) is 9.86. The van der Waals surface area contributed by atoms with Gasteiger partial charge in [0, 0.05) is 16.7 Å². The molecule has 4 nitrogen and oxygen atoms in total. The van der Waals surface area contributed by atoms with Gasteiger partial charge in [-0.2, -0.15) is 0 Å². The Bertz CT molecular complexity index is 765. The minimum absolute atomic E-state index is 0.168. The van der Waals surface area contributed by atoms with Crippen molar-refractivity contribution in [2.24, 2.45) is 0 Å². The smallest absolute Gasteiger partial charge is 0.267 e. The van der Waals surface area contributed by atoms with Crippen molar-refractivity contribution in [2.75, 3.05) is 16.6 Å². The van der Waals surface area contributed by atoms with Gasteiger partial charge in [-0.3, -0.25) is 4.31 Å². The summed E-state index contributed by atoms with van der Waals surface area (Å²) in [4.78, 5) is -0.366. The van der Waals surface area contributed by atoms with Gasteiger partial charge in [0.1, 0.15) is 10.7 Å². The number of hydrogen-bond acceptors (Lipinski definition) is 3. The third-order valence-electron chi connectivity index (χ3n) is 2.91. The lowest BCUT2D eigenvalue weighted by atomic mass is 10.3. The zero-order valence-corrected chi connectivity index (χ0v) is 13.7. The molecular weight excluding hydrogens is 359 g/mol. The van der Waals surface area contributed by atoms with Gasteiger partial charge in [-0.1, -0.05) is 22.0 Å². The Morgan fingerprint density at radius 2 is 1.95 bits per heavy atom. The van der Waals surface area contributed by atoms with E-state index in [1.54, 1.807) is 25.1 Å². The van der Waals surface area contributed by atoms with Gasteiger partial charge in [0.05, 0.1) is 5.69 Å². The largest absolute Gasteiger partial charge is 0.399 e.